The molecule has 1 unspecified atom stereocenters. The maximum absolute atomic E-state index is 12.3. The molecule has 0 aromatic carbocycles. The molecule has 0 saturated carbocycles. The van der Waals surface area contributed by atoms with Gasteiger partial charge in [0.2, 0.25) is 5.91 Å². The van der Waals surface area contributed by atoms with E-state index in [0.717, 1.165) is 39.0 Å². The molecule has 0 bridgehead atoms. The number of carbonyl (C=O) groups excluding carboxylic acids is 1. The van der Waals surface area contributed by atoms with E-state index in [1.807, 2.05) is 10.8 Å². The molecular formula is C13H24Cl2N4O. The van der Waals surface area contributed by atoms with Gasteiger partial charge in [0.25, 0.3) is 0 Å². The standard InChI is InChI=1S/C13H22N4O.2ClH/c1-2-7-17(12-3-5-14-10-12)13(18)4-8-16-9-6-15-11-16;;/h6,9,11-12,14H,2-5,7-8,10H2,1H3;2*1H. The first kappa shape index (κ1) is 19.2. The van der Waals surface area contributed by atoms with Crippen molar-refractivity contribution in [1.82, 2.24) is 19.8 Å². The molecule has 2 rings (SSSR count). The molecule has 2 heterocycles. The second-order valence-corrected chi connectivity index (χ2v) is 4.78. The lowest BCUT2D eigenvalue weighted by molar-refractivity contribution is -0.133. The fourth-order valence-electron chi connectivity index (χ4n) is 2.44. The van der Waals surface area contributed by atoms with Crippen LogP contribution in [-0.4, -0.2) is 46.0 Å². The van der Waals surface area contributed by atoms with Gasteiger partial charge in [0.05, 0.1) is 6.33 Å². The Bertz CT molecular complexity index is 366. The van der Waals surface area contributed by atoms with Crippen molar-refractivity contribution in [2.75, 3.05) is 19.6 Å². The molecule has 7 heteroatoms. The van der Waals surface area contributed by atoms with Crippen molar-refractivity contribution in [3.8, 4) is 0 Å². The van der Waals surface area contributed by atoms with Gasteiger partial charge in [0, 0.05) is 44.5 Å². The lowest BCUT2D eigenvalue weighted by atomic mass is 10.2. The van der Waals surface area contributed by atoms with E-state index in [2.05, 4.69) is 22.1 Å². The minimum Gasteiger partial charge on any atom is -0.338 e. The van der Waals surface area contributed by atoms with Gasteiger partial charge in [0.1, 0.15) is 0 Å². The van der Waals surface area contributed by atoms with E-state index in [4.69, 9.17) is 0 Å². The zero-order valence-corrected chi connectivity index (χ0v) is 13.5. The minimum atomic E-state index is 0. The van der Waals surface area contributed by atoms with Gasteiger partial charge in [-0.1, -0.05) is 6.92 Å². The maximum Gasteiger partial charge on any atom is 0.224 e. The Kier molecular flexibility index (Phi) is 9.63. The van der Waals surface area contributed by atoms with Crippen LogP contribution in [0.4, 0.5) is 0 Å². The molecule has 1 amide bonds. The van der Waals surface area contributed by atoms with Gasteiger partial charge < -0.3 is 14.8 Å². The highest BCUT2D eigenvalue weighted by atomic mass is 35.5. The average Bonchev–Trinajstić information content (AvgIpc) is 3.05. The third-order valence-corrected chi connectivity index (χ3v) is 3.40. The molecule has 1 saturated heterocycles. The van der Waals surface area contributed by atoms with E-state index in [9.17, 15) is 4.79 Å². The van der Waals surface area contributed by atoms with Crippen molar-refractivity contribution >= 4 is 30.7 Å². The highest BCUT2D eigenvalue weighted by Crippen LogP contribution is 2.11. The molecule has 1 aromatic heterocycles. The second-order valence-electron chi connectivity index (χ2n) is 4.78. The normalized spacial score (nSPS) is 17.1. The third kappa shape index (κ3) is 5.31. The number of hydrogen-bond donors (Lipinski definition) is 1. The fraction of sp³-hybridized carbons (Fsp3) is 0.692. The number of imidazole rings is 1. The summed E-state index contributed by atoms with van der Waals surface area (Å²) in [5.41, 5.74) is 0. The van der Waals surface area contributed by atoms with Gasteiger partial charge in [-0.05, 0) is 19.4 Å². The summed E-state index contributed by atoms with van der Waals surface area (Å²) >= 11 is 0. The molecule has 1 aliphatic heterocycles. The van der Waals surface area contributed by atoms with Crippen molar-refractivity contribution in [3.63, 3.8) is 0 Å². The van der Waals surface area contributed by atoms with Crippen LogP contribution in [0.5, 0.6) is 0 Å². The maximum atomic E-state index is 12.3. The van der Waals surface area contributed by atoms with Crippen LogP contribution in [-0.2, 0) is 11.3 Å². The molecule has 1 atom stereocenters. The molecule has 0 spiro atoms. The lowest BCUT2D eigenvalue weighted by Crippen LogP contribution is -2.42. The zero-order chi connectivity index (χ0) is 12.8. The summed E-state index contributed by atoms with van der Waals surface area (Å²) in [4.78, 5) is 18.3. The fourth-order valence-corrected chi connectivity index (χ4v) is 2.44. The van der Waals surface area contributed by atoms with Gasteiger partial charge in [-0.25, -0.2) is 4.98 Å². The summed E-state index contributed by atoms with van der Waals surface area (Å²) in [5.74, 6) is 0.263. The van der Waals surface area contributed by atoms with Crippen LogP contribution in [0.2, 0.25) is 0 Å². The summed E-state index contributed by atoms with van der Waals surface area (Å²) in [6.45, 7) is 5.68. The van der Waals surface area contributed by atoms with E-state index in [-0.39, 0.29) is 30.7 Å². The monoisotopic (exact) mass is 322 g/mol. The van der Waals surface area contributed by atoms with Gasteiger partial charge in [-0.2, -0.15) is 0 Å². The van der Waals surface area contributed by atoms with E-state index in [0.29, 0.717) is 12.5 Å². The highest BCUT2D eigenvalue weighted by Gasteiger charge is 2.25. The molecule has 116 valence electrons. The Morgan fingerprint density at radius 1 is 1.50 bits per heavy atom. The third-order valence-electron chi connectivity index (χ3n) is 3.40. The van der Waals surface area contributed by atoms with E-state index in [1.54, 1.807) is 12.5 Å². The topological polar surface area (TPSA) is 50.2 Å². The van der Waals surface area contributed by atoms with Crippen LogP contribution in [0.1, 0.15) is 26.2 Å². The Morgan fingerprint density at radius 3 is 2.85 bits per heavy atom. The number of aromatic nitrogens is 2. The molecule has 0 radical (unpaired) electrons. The van der Waals surface area contributed by atoms with Crippen LogP contribution in [0.25, 0.3) is 0 Å². The number of amides is 1. The molecule has 1 N–H and O–H groups in total. The first-order chi connectivity index (χ1) is 8.81. The quantitative estimate of drug-likeness (QED) is 0.867. The zero-order valence-electron chi connectivity index (χ0n) is 11.8. The van der Waals surface area contributed by atoms with E-state index >= 15 is 0 Å². The van der Waals surface area contributed by atoms with E-state index in [1.165, 1.54) is 0 Å². The number of halogens is 2. The molecule has 1 aliphatic rings. The molecule has 20 heavy (non-hydrogen) atoms. The van der Waals surface area contributed by atoms with Crippen LogP contribution in [0.3, 0.4) is 0 Å². The summed E-state index contributed by atoms with van der Waals surface area (Å²) < 4.78 is 1.95. The lowest BCUT2D eigenvalue weighted by Gasteiger charge is -2.28. The number of nitrogens with zero attached hydrogens (tertiary/aromatic N) is 3. The van der Waals surface area contributed by atoms with Gasteiger partial charge in [-0.3, -0.25) is 4.79 Å². The number of rotatable bonds is 6. The summed E-state index contributed by atoms with van der Waals surface area (Å²) in [5, 5.41) is 3.33. The summed E-state index contributed by atoms with van der Waals surface area (Å²) in [6.07, 6.45) is 8.06. The summed E-state index contributed by atoms with van der Waals surface area (Å²) in [7, 11) is 0. The Hall–Kier alpha value is -0.780. The van der Waals surface area contributed by atoms with Gasteiger partial charge in [-0.15, -0.1) is 24.8 Å². The smallest absolute Gasteiger partial charge is 0.224 e. The van der Waals surface area contributed by atoms with Crippen molar-refractivity contribution in [2.45, 2.75) is 38.8 Å². The molecule has 5 nitrogen and oxygen atoms in total. The highest BCUT2D eigenvalue weighted by molar-refractivity contribution is 5.85. The van der Waals surface area contributed by atoms with Gasteiger partial charge in [0.15, 0.2) is 0 Å². The Balaban J connectivity index is 0.00000180. The number of nitrogens with one attached hydrogen (secondary N) is 1. The first-order valence-electron chi connectivity index (χ1n) is 6.77. The Morgan fingerprint density at radius 2 is 2.30 bits per heavy atom. The SMILES string of the molecule is CCCN(C(=O)CCn1ccnc1)C1CCNC1.Cl.Cl. The van der Waals surface area contributed by atoms with Crippen molar-refractivity contribution in [3.05, 3.63) is 18.7 Å². The van der Waals surface area contributed by atoms with Crippen LogP contribution >= 0.6 is 24.8 Å². The number of hydrogen-bond acceptors (Lipinski definition) is 3. The predicted octanol–water partition coefficient (Wildman–Crippen LogP) is 1.72. The number of carbonyl (C=O) groups is 1. The second kappa shape index (κ2) is 10.0. The van der Waals surface area contributed by atoms with Gasteiger partial charge >= 0.3 is 0 Å². The van der Waals surface area contributed by atoms with Crippen LogP contribution in [0, 0.1) is 0 Å². The Labute approximate surface area is 132 Å². The van der Waals surface area contributed by atoms with Crippen molar-refractivity contribution in [1.29, 1.82) is 0 Å². The molecule has 0 aliphatic carbocycles. The first-order valence-corrected chi connectivity index (χ1v) is 6.77. The van der Waals surface area contributed by atoms with Crippen LogP contribution in [0.15, 0.2) is 18.7 Å². The average molecular weight is 323 g/mol. The van der Waals surface area contributed by atoms with E-state index < -0.39 is 0 Å². The predicted molar refractivity (Wildman–Crippen MR) is 84.6 cm³/mol. The molecule has 1 aromatic rings. The van der Waals surface area contributed by atoms with Crippen LogP contribution < -0.4 is 5.32 Å². The number of aryl methyl sites for hydroxylation is 1. The molecular weight excluding hydrogens is 299 g/mol. The molecule has 1 fully saturated rings. The van der Waals surface area contributed by atoms with Crippen molar-refractivity contribution in [2.24, 2.45) is 0 Å². The largest absolute Gasteiger partial charge is 0.338 e. The summed E-state index contributed by atoms with van der Waals surface area (Å²) in [6, 6.07) is 0.389. The van der Waals surface area contributed by atoms with Crippen molar-refractivity contribution < 1.29 is 4.79 Å². The minimum absolute atomic E-state index is 0.